The van der Waals surface area contributed by atoms with E-state index >= 15 is 0 Å². The average Bonchev–Trinajstić information content (AvgIpc) is 2.88. The molecule has 0 radical (unpaired) electrons. The lowest BCUT2D eigenvalue weighted by atomic mass is 9.91. The van der Waals surface area contributed by atoms with E-state index in [9.17, 15) is 22.8 Å². The lowest BCUT2D eigenvalue weighted by molar-refractivity contribution is -0.274. The standard InChI is InChI=1S/C32H35F3N2O4/c1-21-7-5-10-27(29(21)22-11-13-25(14-12-22)41-32(33,34)35)30(39)36-23-8-6-9-26(19-23)40-24-15-17-37(18-16-24)28(38)20-31(2,3)4/h5-14,19,24H,15-18,20H2,1-4H3,(H,36,39). The summed E-state index contributed by atoms with van der Waals surface area (Å²) in [7, 11) is 0. The highest BCUT2D eigenvalue weighted by Gasteiger charge is 2.31. The van der Waals surface area contributed by atoms with Crippen LogP contribution in [-0.2, 0) is 4.79 Å². The van der Waals surface area contributed by atoms with E-state index < -0.39 is 6.36 Å². The van der Waals surface area contributed by atoms with E-state index in [0.717, 1.165) is 18.4 Å². The Morgan fingerprint density at radius 3 is 2.22 bits per heavy atom. The number of anilines is 1. The van der Waals surface area contributed by atoms with E-state index in [1.54, 1.807) is 30.3 Å². The van der Waals surface area contributed by atoms with Crippen molar-refractivity contribution in [3.63, 3.8) is 0 Å². The maximum absolute atomic E-state index is 13.4. The molecular weight excluding hydrogens is 533 g/mol. The van der Waals surface area contributed by atoms with Crippen LogP contribution in [0.1, 0.15) is 56.0 Å². The Kier molecular flexibility index (Phi) is 8.95. The molecule has 4 rings (SSSR count). The van der Waals surface area contributed by atoms with Crippen molar-refractivity contribution in [2.45, 2.75) is 59.4 Å². The van der Waals surface area contributed by atoms with Gasteiger partial charge in [0, 0.05) is 49.7 Å². The van der Waals surface area contributed by atoms with Gasteiger partial charge in [0.2, 0.25) is 5.91 Å². The Morgan fingerprint density at radius 1 is 0.927 bits per heavy atom. The Balaban J connectivity index is 1.41. The average molecular weight is 569 g/mol. The molecule has 218 valence electrons. The fraction of sp³-hybridized carbons (Fsp3) is 0.375. The molecule has 2 amide bonds. The van der Waals surface area contributed by atoms with Crippen LogP contribution < -0.4 is 14.8 Å². The lowest BCUT2D eigenvalue weighted by Gasteiger charge is -2.33. The summed E-state index contributed by atoms with van der Waals surface area (Å²) in [4.78, 5) is 27.8. The maximum atomic E-state index is 13.4. The number of benzene rings is 3. The molecule has 1 saturated heterocycles. The summed E-state index contributed by atoms with van der Waals surface area (Å²) in [6, 6.07) is 17.9. The van der Waals surface area contributed by atoms with Crippen molar-refractivity contribution >= 4 is 17.5 Å². The smallest absolute Gasteiger partial charge is 0.490 e. The van der Waals surface area contributed by atoms with E-state index in [-0.39, 0.29) is 29.1 Å². The number of alkyl halides is 3. The summed E-state index contributed by atoms with van der Waals surface area (Å²) in [5.41, 5.74) is 2.88. The molecular formula is C32H35F3N2O4. The molecule has 0 bridgehead atoms. The van der Waals surface area contributed by atoms with Crippen molar-refractivity contribution in [3.05, 3.63) is 77.9 Å². The highest BCUT2D eigenvalue weighted by atomic mass is 19.4. The van der Waals surface area contributed by atoms with E-state index in [1.165, 1.54) is 24.3 Å². The molecule has 1 aliphatic rings. The molecule has 3 aromatic rings. The Morgan fingerprint density at radius 2 is 1.59 bits per heavy atom. The van der Waals surface area contributed by atoms with E-state index in [2.05, 4.69) is 30.8 Å². The molecule has 0 saturated carbocycles. The van der Waals surface area contributed by atoms with Crippen molar-refractivity contribution < 1.29 is 32.2 Å². The number of carbonyl (C=O) groups excluding carboxylic acids is 2. The van der Waals surface area contributed by atoms with Crippen LogP contribution >= 0.6 is 0 Å². The molecule has 1 heterocycles. The second kappa shape index (κ2) is 12.2. The summed E-state index contributed by atoms with van der Waals surface area (Å²) in [5, 5.41) is 2.91. The number of likely N-dealkylation sites (tertiary alicyclic amines) is 1. The monoisotopic (exact) mass is 568 g/mol. The van der Waals surface area contributed by atoms with Gasteiger partial charge in [-0.1, -0.05) is 51.1 Å². The molecule has 6 nitrogen and oxygen atoms in total. The van der Waals surface area contributed by atoms with Crippen LogP contribution in [0.4, 0.5) is 18.9 Å². The Bertz CT molecular complexity index is 1370. The van der Waals surface area contributed by atoms with Gasteiger partial charge >= 0.3 is 6.36 Å². The number of piperidine rings is 1. The Labute approximate surface area is 238 Å². The van der Waals surface area contributed by atoms with E-state index in [4.69, 9.17) is 4.74 Å². The largest absolute Gasteiger partial charge is 0.573 e. The first-order valence-corrected chi connectivity index (χ1v) is 13.6. The van der Waals surface area contributed by atoms with Crippen molar-refractivity contribution in [3.8, 4) is 22.6 Å². The van der Waals surface area contributed by atoms with Crippen molar-refractivity contribution in [1.82, 2.24) is 4.90 Å². The second-order valence-corrected chi connectivity index (χ2v) is 11.5. The van der Waals surface area contributed by atoms with Gasteiger partial charge in [0.25, 0.3) is 5.91 Å². The number of ether oxygens (including phenoxy) is 2. The van der Waals surface area contributed by atoms with E-state index in [1.807, 2.05) is 24.0 Å². The van der Waals surface area contributed by atoms with Crippen LogP contribution in [0.5, 0.6) is 11.5 Å². The zero-order valence-corrected chi connectivity index (χ0v) is 23.7. The van der Waals surface area contributed by atoms with Crippen LogP contribution in [0.2, 0.25) is 0 Å². The summed E-state index contributed by atoms with van der Waals surface area (Å²) in [5.74, 6) is 0.0933. The van der Waals surface area contributed by atoms with Crippen molar-refractivity contribution in [1.29, 1.82) is 0 Å². The van der Waals surface area contributed by atoms with Gasteiger partial charge in [-0.3, -0.25) is 9.59 Å². The van der Waals surface area contributed by atoms with Crippen LogP contribution in [0.25, 0.3) is 11.1 Å². The van der Waals surface area contributed by atoms with Gasteiger partial charge in [0.15, 0.2) is 0 Å². The highest BCUT2D eigenvalue weighted by molar-refractivity contribution is 6.09. The highest BCUT2D eigenvalue weighted by Crippen LogP contribution is 2.32. The molecule has 0 spiro atoms. The third-order valence-corrected chi connectivity index (χ3v) is 6.76. The van der Waals surface area contributed by atoms with Crippen LogP contribution in [-0.4, -0.2) is 42.3 Å². The third kappa shape index (κ3) is 8.49. The number of halogens is 3. The summed E-state index contributed by atoms with van der Waals surface area (Å²) >= 11 is 0. The molecule has 1 fully saturated rings. The van der Waals surface area contributed by atoms with Crippen molar-refractivity contribution in [2.24, 2.45) is 5.41 Å². The zero-order valence-electron chi connectivity index (χ0n) is 23.7. The zero-order chi connectivity index (χ0) is 29.8. The van der Waals surface area contributed by atoms with E-state index in [0.29, 0.717) is 47.6 Å². The minimum Gasteiger partial charge on any atom is -0.490 e. The number of carbonyl (C=O) groups is 2. The predicted molar refractivity (Wildman–Crippen MR) is 152 cm³/mol. The van der Waals surface area contributed by atoms with Crippen LogP contribution in [0.15, 0.2) is 66.7 Å². The van der Waals surface area contributed by atoms with Crippen LogP contribution in [0.3, 0.4) is 0 Å². The number of hydrogen-bond donors (Lipinski definition) is 1. The summed E-state index contributed by atoms with van der Waals surface area (Å²) < 4.78 is 47.8. The first-order chi connectivity index (χ1) is 19.3. The molecule has 1 N–H and O–H groups in total. The van der Waals surface area contributed by atoms with Crippen molar-refractivity contribution in [2.75, 3.05) is 18.4 Å². The van der Waals surface area contributed by atoms with Gasteiger partial charge < -0.3 is 19.7 Å². The topological polar surface area (TPSA) is 67.9 Å². The third-order valence-electron chi connectivity index (χ3n) is 6.76. The normalized spacial score (nSPS) is 14.5. The molecule has 0 unspecified atom stereocenters. The minimum absolute atomic E-state index is 0.0349. The molecule has 3 aromatic carbocycles. The number of amides is 2. The number of nitrogens with one attached hydrogen (secondary N) is 1. The molecule has 1 aliphatic heterocycles. The number of hydrogen-bond acceptors (Lipinski definition) is 4. The van der Waals surface area contributed by atoms with Gasteiger partial charge in [0.05, 0.1) is 0 Å². The maximum Gasteiger partial charge on any atom is 0.573 e. The molecule has 0 aliphatic carbocycles. The summed E-state index contributed by atoms with van der Waals surface area (Å²) in [6.45, 7) is 9.30. The van der Waals surface area contributed by atoms with Gasteiger partial charge in [-0.2, -0.15) is 0 Å². The quantitative estimate of drug-likeness (QED) is 0.318. The molecule has 9 heteroatoms. The second-order valence-electron chi connectivity index (χ2n) is 11.5. The molecule has 0 atom stereocenters. The molecule has 41 heavy (non-hydrogen) atoms. The van der Waals surface area contributed by atoms with Gasteiger partial charge in [0.1, 0.15) is 17.6 Å². The fourth-order valence-electron chi connectivity index (χ4n) is 4.89. The lowest BCUT2D eigenvalue weighted by Crippen LogP contribution is -2.42. The SMILES string of the molecule is Cc1cccc(C(=O)Nc2cccc(OC3CCN(C(=O)CC(C)(C)C)CC3)c2)c1-c1ccc(OC(F)(F)F)cc1. The number of rotatable bonds is 7. The first-order valence-electron chi connectivity index (χ1n) is 13.6. The number of nitrogens with zero attached hydrogens (tertiary/aromatic N) is 1. The predicted octanol–water partition coefficient (Wildman–Crippen LogP) is 7.62. The molecule has 0 aromatic heterocycles. The van der Waals surface area contributed by atoms with Gasteiger partial charge in [-0.05, 0) is 59.4 Å². The van der Waals surface area contributed by atoms with Gasteiger partial charge in [-0.15, -0.1) is 13.2 Å². The minimum atomic E-state index is -4.78. The van der Waals surface area contributed by atoms with Gasteiger partial charge in [-0.25, -0.2) is 0 Å². The Hall–Kier alpha value is -4.01. The van der Waals surface area contributed by atoms with Crippen LogP contribution in [0, 0.1) is 12.3 Å². The first kappa shape index (κ1) is 30.0. The summed E-state index contributed by atoms with van der Waals surface area (Å²) in [6.07, 6.45) is -2.85. The fourth-order valence-corrected chi connectivity index (χ4v) is 4.89. The number of aryl methyl sites for hydroxylation is 1.